The number of oxazole rings is 1. The molecule has 4 rings (SSSR count). The lowest BCUT2D eigenvalue weighted by Crippen LogP contribution is -2.07. The van der Waals surface area contributed by atoms with Crippen LogP contribution in [0.3, 0.4) is 0 Å². The van der Waals surface area contributed by atoms with E-state index in [4.69, 9.17) is 18.9 Å². The summed E-state index contributed by atoms with van der Waals surface area (Å²) < 4.78 is 18.1. The first-order chi connectivity index (χ1) is 15.5. The van der Waals surface area contributed by atoms with Gasteiger partial charge in [-0.25, -0.2) is 9.78 Å². The van der Waals surface area contributed by atoms with E-state index < -0.39 is 0 Å². The molecular formula is C24H28N4O4. The highest BCUT2D eigenvalue weighted by Crippen LogP contribution is 2.29. The summed E-state index contributed by atoms with van der Waals surface area (Å²) >= 11 is 0. The van der Waals surface area contributed by atoms with Crippen LogP contribution in [0.25, 0.3) is 33.5 Å². The summed E-state index contributed by atoms with van der Waals surface area (Å²) in [5.41, 5.74) is 4.56. The number of aryl methyl sites for hydroxylation is 1. The molecule has 0 aliphatic rings. The molecule has 0 atom stereocenters. The van der Waals surface area contributed by atoms with E-state index >= 15 is 0 Å². The second kappa shape index (κ2) is 9.40. The number of nitrogens with one attached hydrogen (secondary N) is 1. The molecule has 0 radical (unpaired) electrons. The molecule has 8 nitrogen and oxygen atoms in total. The molecule has 0 saturated heterocycles. The van der Waals surface area contributed by atoms with E-state index in [-0.39, 0.29) is 5.97 Å². The molecule has 2 heterocycles. The van der Waals surface area contributed by atoms with Gasteiger partial charge in [-0.05, 0) is 48.7 Å². The van der Waals surface area contributed by atoms with Crippen molar-refractivity contribution in [2.45, 2.75) is 26.8 Å². The highest BCUT2D eigenvalue weighted by molar-refractivity contribution is 5.94. The van der Waals surface area contributed by atoms with Crippen molar-refractivity contribution in [1.29, 1.82) is 0 Å². The molecule has 0 saturated carbocycles. The molecular weight excluding hydrogens is 408 g/mol. The lowest BCUT2D eigenvalue weighted by atomic mass is 10.2. The number of anilines is 1. The predicted octanol–water partition coefficient (Wildman–Crippen LogP) is 4.74. The normalized spacial score (nSPS) is 11.5. The van der Waals surface area contributed by atoms with Crippen LogP contribution >= 0.6 is 0 Å². The third-order valence-electron chi connectivity index (χ3n) is 5.21. The smallest absolute Gasteiger partial charge is 0.337 e. The van der Waals surface area contributed by atoms with Crippen LogP contribution in [-0.4, -0.2) is 47.9 Å². The Morgan fingerprint density at radius 2 is 1.97 bits per heavy atom. The molecule has 1 N–H and O–H groups in total. The zero-order valence-corrected chi connectivity index (χ0v) is 18.8. The lowest BCUT2D eigenvalue weighted by Gasteiger charge is -2.09. The number of fused-ring (bicyclic) bond motifs is 2. The summed E-state index contributed by atoms with van der Waals surface area (Å²) in [4.78, 5) is 21.4. The highest BCUT2D eigenvalue weighted by atomic mass is 16.5. The molecule has 2 aromatic heterocycles. The topological polar surface area (TPSA) is 91.4 Å². The van der Waals surface area contributed by atoms with E-state index in [1.807, 2.05) is 24.3 Å². The molecule has 4 aromatic rings. The van der Waals surface area contributed by atoms with Gasteiger partial charge in [0.05, 0.1) is 23.7 Å². The second-order valence-corrected chi connectivity index (χ2v) is 8.10. The fraction of sp³-hybridized carbons (Fsp3) is 0.375. The molecule has 0 aliphatic heterocycles. The second-order valence-electron chi connectivity index (χ2n) is 8.10. The van der Waals surface area contributed by atoms with Crippen LogP contribution in [0.15, 0.2) is 40.8 Å². The fourth-order valence-corrected chi connectivity index (χ4v) is 3.62. The van der Waals surface area contributed by atoms with Crippen LogP contribution in [-0.2, 0) is 16.0 Å². The van der Waals surface area contributed by atoms with Gasteiger partial charge in [-0.15, -0.1) is 0 Å². The molecule has 0 fully saturated rings. The Labute approximate surface area is 186 Å². The number of benzene rings is 2. The Hall–Kier alpha value is -3.39. The monoisotopic (exact) mass is 436 g/mol. The lowest BCUT2D eigenvalue weighted by molar-refractivity contribution is 0.0601. The SMILES string of the molecule is COCCCn1c(-c2ccc3oc(NCC(C)C)nc3c2)nc2cc(C(=O)OC)ccc21. The van der Waals surface area contributed by atoms with E-state index in [9.17, 15) is 4.79 Å². The number of imidazole rings is 1. The van der Waals surface area contributed by atoms with Crippen molar-refractivity contribution in [3.8, 4) is 11.4 Å². The van der Waals surface area contributed by atoms with Crippen molar-refractivity contribution in [1.82, 2.24) is 14.5 Å². The average molecular weight is 437 g/mol. The van der Waals surface area contributed by atoms with Gasteiger partial charge in [-0.3, -0.25) is 0 Å². The third kappa shape index (κ3) is 4.45. The average Bonchev–Trinajstić information content (AvgIpc) is 3.37. The van der Waals surface area contributed by atoms with Gasteiger partial charge in [0.25, 0.3) is 6.01 Å². The first-order valence-corrected chi connectivity index (χ1v) is 10.7. The number of carbonyl (C=O) groups is 1. The Morgan fingerprint density at radius 1 is 1.12 bits per heavy atom. The van der Waals surface area contributed by atoms with Crippen LogP contribution in [0, 0.1) is 5.92 Å². The Morgan fingerprint density at radius 3 is 2.72 bits per heavy atom. The number of hydrogen-bond acceptors (Lipinski definition) is 7. The minimum atomic E-state index is -0.382. The largest absolute Gasteiger partial charge is 0.465 e. The van der Waals surface area contributed by atoms with Gasteiger partial charge in [0.15, 0.2) is 5.58 Å². The zero-order chi connectivity index (χ0) is 22.7. The maximum absolute atomic E-state index is 12.0. The van der Waals surface area contributed by atoms with Gasteiger partial charge in [0.2, 0.25) is 0 Å². The molecule has 8 heteroatoms. The van der Waals surface area contributed by atoms with Crippen LogP contribution in [0.5, 0.6) is 0 Å². The first-order valence-electron chi connectivity index (χ1n) is 10.7. The number of nitrogens with zero attached hydrogens (tertiary/aromatic N) is 3. The van der Waals surface area contributed by atoms with Crippen molar-refractivity contribution >= 4 is 34.1 Å². The molecule has 0 aliphatic carbocycles. The summed E-state index contributed by atoms with van der Waals surface area (Å²) in [6, 6.07) is 11.8. The Bertz CT molecular complexity index is 1240. The van der Waals surface area contributed by atoms with Crippen LogP contribution in [0.1, 0.15) is 30.6 Å². The van der Waals surface area contributed by atoms with Crippen LogP contribution in [0.4, 0.5) is 6.01 Å². The van der Waals surface area contributed by atoms with Gasteiger partial charge in [-0.1, -0.05) is 13.8 Å². The number of methoxy groups -OCH3 is 2. The van der Waals surface area contributed by atoms with Gasteiger partial charge in [0, 0.05) is 32.4 Å². The summed E-state index contributed by atoms with van der Waals surface area (Å²) in [6.45, 7) is 6.43. The third-order valence-corrected chi connectivity index (χ3v) is 5.21. The molecule has 0 bridgehead atoms. The van der Waals surface area contributed by atoms with E-state index in [1.54, 1.807) is 19.2 Å². The molecule has 2 aromatic carbocycles. The van der Waals surface area contributed by atoms with Gasteiger partial charge < -0.3 is 23.8 Å². The first kappa shape index (κ1) is 21.8. The summed E-state index contributed by atoms with van der Waals surface area (Å²) in [7, 11) is 3.07. The Kier molecular flexibility index (Phi) is 6.41. The standard InChI is InChI=1S/C24H28N4O4/c1-15(2)14-25-24-27-19-12-16(7-9-21(19)32-24)22-26-18-13-17(23(29)31-4)6-8-20(18)28(22)10-5-11-30-3/h6-9,12-13,15H,5,10-11,14H2,1-4H3,(H,25,27). The Balaban J connectivity index is 1.76. The van der Waals surface area contributed by atoms with Gasteiger partial charge >= 0.3 is 5.97 Å². The van der Waals surface area contributed by atoms with Crippen molar-refractivity contribution in [2.75, 3.05) is 32.7 Å². The van der Waals surface area contributed by atoms with E-state index in [2.05, 4.69) is 28.7 Å². The van der Waals surface area contributed by atoms with E-state index in [1.165, 1.54) is 7.11 Å². The highest BCUT2D eigenvalue weighted by Gasteiger charge is 2.17. The molecule has 0 amide bonds. The van der Waals surface area contributed by atoms with E-state index in [0.29, 0.717) is 24.1 Å². The molecule has 0 spiro atoms. The zero-order valence-electron chi connectivity index (χ0n) is 18.8. The minimum absolute atomic E-state index is 0.382. The summed E-state index contributed by atoms with van der Waals surface area (Å²) in [5, 5.41) is 3.23. The van der Waals surface area contributed by atoms with Gasteiger partial charge in [0.1, 0.15) is 11.3 Å². The predicted molar refractivity (Wildman–Crippen MR) is 124 cm³/mol. The molecule has 32 heavy (non-hydrogen) atoms. The van der Waals surface area contributed by atoms with Crippen LogP contribution < -0.4 is 5.32 Å². The summed E-state index contributed by atoms with van der Waals surface area (Å²) in [6.07, 6.45) is 0.836. The number of aromatic nitrogens is 3. The summed E-state index contributed by atoms with van der Waals surface area (Å²) in [5.74, 6) is 0.912. The number of hydrogen-bond donors (Lipinski definition) is 1. The van der Waals surface area contributed by atoms with Crippen molar-refractivity contribution in [3.05, 3.63) is 42.0 Å². The van der Waals surface area contributed by atoms with Crippen molar-refractivity contribution in [2.24, 2.45) is 5.92 Å². The molecule has 0 unspecified atom stereocenters. The molecule has 168 valence electrons. The number of esters is 1. The fourth-order valence-electron chi connectivity index (χ4n) is 3.62. The maximum atomic E-state index is 12.0. The minimum Gasteiger partial charge on any atom is -0.465 e. The van der Waals surface area contributed by atoms with E-state index in [0.717, 1.165) is 53.0 Å². The van der Waals surface area contributed by atoms with Crippen molar-refractivity contribution < 1.29 is 18.7 Å². The van der Waals surface area contributed by atoms with Gasteiger partial charge in [-0.2, -0.15) is 4.98 Å². The van der Waals surface area contributed by atoms with Crippen LogP contribution in [0.2, 0.25) is 0 Å². The maximum Gasteiger partial charge on any atom is 0.337 e. The number of rotatable bonds is 9. The quantitative estimate of drug-likeness (QED) is 0.299. The van der Waals surface area contributed by atoms with Crippen molar-refractivity contribution in [3.63, 3.8) is 0 Å². The number of carbonyl (C=O) groups excluding carboxylic acids is 1. The number of ether oxygens (including phenoxy) is 2.